The molecule has 4 rings (SSSR count). The van der Waals surface area contributed by atoms with Crippen LogP contribution in [0.2, 0.25) is 0 Å². The molecule has 0 radical (unpaired) electrons. The molecule has 0 unspecified atom stereocenters. The molecule has 1 aliphatic heterocycles. The molecule has 3 heterocycles. The van der Waals surface area contributed by atoms with E-state index in [0.29, 0.717) is 18.0 Å². The Kier molecular flexibility index (Phi) is 7.55. The molecular formula is C27H35N5O. The number of rotatable bonds is 8. The van der Waals surface area contributed by atoms with Crippen molar-refractivity contribution in [1.82, 2.24) is 24.6 Å². The Balaban J connectivity index is 1.41. The zero-order valence-electron chi connectivity index (χ0n) is 20.0. The minimum Gasteiger partial charge on any atom is -0.334 e. The van der Waals surface area contributed by atoms with Gasteiger partial charge in [-0.05, 0) is 75.4 Å². The second-order valence-electron chi connectivity index (χ2n) is 9.50. The Hall–Kier alpha value is -2.99. The zero-order chi connectivity index (χ0) is 23.2. The predicted molar refractivity (Wildman–Crippen MR) is 131 cm³/mol. The highest BCUT2D eigenvalue weighted by Gasteiger charge is 2.25. The van der Waals surface area contributed by atoms with Gasteiger partial charge >= 0.3 is 0 Å². The number of hydrogen-bond acceptors (Lipinski definition) is 4. The number of hydrogen-bond donors (Lipinski definition) is 0. The summed E-state index contributed by atoms with van der Waals surface area (Å²) in [6.07, 6.45) is 9.40. The maximum atomic E-state index is 13.4. The molecule has 174 valence electrons. The van der Waals surface area contributed by atoms with Crippen LogP contribution in [0, 0.1) is 12.8 Å². The number of pyridine rings is 1. The number of piperidine rings is 1. The van der Waals surface area contributed by atoms with Crippen molar-refractivity contribution in [2.24, 2.45) is 5.92 Å². The predicted octanol–water partition coefficient (Wildman–Crippen LogP) is 4.72. The lowest BCUT2D eigenvalue weighted by atomic mass is 9.95. The van der Waals surface area contributed by atoms with Gasteiger partial charge in [-0.2, -0.15) is 5.10 Å². The zero-order valence-corrected chi connectivity index (χ0v) is 20.0. The third kappa shape index (κ3) is 6.08. The highest BCUT2D eigenvalue weighted by Crippen LogP contribution is 2.23. The first-order chi connectivity index (χ1) is 16.0. The van der Waals surface area contributed by atoms with Crippen LogP contribution in [0.25, 0.3) is 0 Å². The number of carbonyl (C=O) groups excluding carboxylic acids is 1. The molecule has 0 N–H and O–H groups in total. The second kappa shape index (κ2) is 10.8. The van der Waals surface area contributed by atoms with Gasteiger partial charge in [0, 0.05) is 44.3 Å². The Morgan fingerprint density at radius 2 is 1.91 bits per heavy atom. The lowest BCUT2D eigenvalue weighted by Gasteiger charge is -2.35. The van der Waals surface area contributed by atoms with Crippen molar-refractivity contribution >= 4 is 5.91 Å². The van der Waals surface area contributed by atoms with Crippen molar-refractivity contribution in [2.45, 2.75) is 52.7 Å². The molecule has 1 saturated heterocycles. The summed E-state index contributed by atoms with van der Waals surface area (Å²) in [4.78, 5) is 22.2. The molecule has 0 saturated carbocycles. The van der Waals surface area contributed by atoms with Gasteiger partial charge in [-0.15, -0.1) is 0 Å². The maximum absolute atomic E-state index is 13.4. The molecule has 2 aromatic heterocycles. The first-order valence-electron chi connectivity index (χ1n) is 12.0. The Morgan fingerprint density at radius 1 is 1.12 bits per heavy atom. The number of amides is 1. The van der Waals surface area contributed by atoms with Crippen LogP contribution in [0.1, 0.15) is 59.8 Å². The van der Waals surface area contributed by atoms with Crippen LogP contribution in [0.3, 0.4) is 0 Å². The molecule has 1 fully saturated rings. The van der Waals surface area contributed by atoms with E-state index in [2.05, 4.69) is 60.0 Å². The van der Waals surface area contributed by atoms with Gasteiger partial charge in [0.2, 0.25) is 0 Å². The fraction of sp³-hybridized carbons (Fsp3) is 0.444. The fourth-order valence-corrected chi connectivity index (χ4v) is 4.51. The molecule has 1 amide bonds. The van der Waals surface area contributed by atoms with Crippen LogP contribution in [0.5, 0.6) is 0 Å². The summed E-state index contributed by atoms with van der Waals surface area (Å²) < 4.78 is 1.85. The van der Waals surface area contributed by atoms with Gasteiger partial charge in [-0.25, -0.2) is 0 Å². The highest BCUT2D eigenvalue weighted by atomic mass is 16.2. The number of aromatic nitrogens is 3. The monoisotopic (exact) mass is 445 g/mol. The average molecular weight is 446 g/mol. The van der Waals surface area contributed by atoms with E-state index in [9.17, 15) is 4.79 Å². The number of carbonyl (C=O) groups is 1. The Morgan fingerprint density at radius 3 is 2.58 bits per heavy atom. The van der Waals surface area contributed by atoms with Crippen LogP contribution >= 0.6 is 0 Å². The third-order valence-corrected chi connectivity index (χ3v) is 6.60. The van der Waals surface area contributed by atoms with Crippen LogP contribution in [-0.4, -0.2) is 50.1 Å². The SMILES string of the molecule is Cc1ccccc1CN1CCC(CN(Cc2cccnc2)C(=O)c2cnn(C(C)C)c2)CC1. The molecule has 3 aromatic rings. The summed E-state index contributed by atoms with van der Waals surface area (Å²) in [5.41, 5.74) is 4.48. The number of aryl methyl sites for hydroxylation is 1. The van der Waals surface area contributed by atoms with Crippen LogP contribution in [-0.2, 0) is 13.1 Å². The summed E-state index contributed by atoms with van der Waals surface area (Å²) >= 11 is 0. The minimum atomic E-state index is 0.0492. The van der Waals surface area contributed by atoms with E-state index in [0.717, 1.165) is 44.6 Å². The van der Waals surface area contributed by atoms with E-state index in [4.69, 9.17) is 0 Å². The van der Waals surface area contributed by atoms with E-state index in [1.165, 1.54) is 11.1 Å². The Bertz CT molecular complexity index is 1040. The second-order valence-corrected chi connectivity index (χ2v) is 9.50. The smallest absolute Gasteiger partial charge is 0.257 e. The summed E-state index contributed by atoms with van der Waals surface area (Å²) in [5, 5.41) is 4.38. The largest absolute Gasteiger partial charge is 0.334 e. The van der Waals surface area contributed by atoms with E-state index >= 15 is 0 Å². The van der Waals surface area contributed by atoms with Crippen molar-refractivity contribution in [3.8, 4) is 0 Å². The molecule has 0 bridgehead atoms. The van der Waals surface area contributed by atoms with Gasteiger partial charge in [0.15, 0.2) is 0 Å². The van der Waals surface area contributed by atoms with Crippen molar-refractivity contribution in [3.05, 3.63) is 83.4 Å². The van der Waals surface area contributed by atoms with Crippen molar-refractivity contribution in [1.29, 1.82) is 0 Å². The Labute approximate surface area is 197 Å². The molecule has 0 aliphatic carbocycles. The molecule has 0 atom stereocenters. The first-order valence-corrected chi connectivity index (χ1v) is 12.0. The van der Waals surface area contributed by atoms with Crippen molar-refractivity contribution in [3.63, 3.8) is 0 Å². The quantitative estimate of drug-likeness (QED) is 0.503. The van der Waals surface area contributed by atoms with E-state index in [1.807, 2.05) is 34.1 Å². The third-order valence-electron chi connectivity index (χ3n) is 6.60. The van der Waals surface area contributed by atoms with Gasteiger partial charge in [0.1, 0.15) is 0 Å². The minimum absolute atomic E-state index is 0.0492. The molecule has 33 heavy (non-hydrogen) atoms. The molecule has 6 heteroatoms. The first kappa shape index (κ1) is 23.2. The van der Waals surface area contributed by atoms with Gasteiger partial charge in [-0.3, -0.25) is 19.4 Å². The number of likely N-dealkylation sites (tertiary alicyclic amines) is 1. The topological polar surface area (TPSA) is 54.3 Å². The molecule has 1 aliphatic rings. The van der Waals surface area contributed by atoms with E-state index in [-0.39, 0.29) is 11.9 Å². The summed E-state index contributed by atoms with van der Waals surface area (Å²) in [6.45, 7) is 10.8. The average Bonchev–Trinajstić information content (AvgIpc) is 3.32. The lowest BCUT2D eigenvalue weighted by Crippen LogP contribution is -2.40. The standard InChI is InChI=1S/C27H35N5O/c1-21(2)32-20-26(16-29-32)27(33)31(18-24-8-6-12-28-15-24)17-23-10-13-30(14-11-23)19-25-9-5-4-7-22(25)3/h4-9,12,15-16,20-21,23H,10-11,13-14,17-19H2,1-3H3. The molecule has 0 spiro atoms. The fourth-order valence-electron chi connectivity index (χ4n) is 4.51. The number of benzene rings is 1. The molecule has 1 aromatic carbocycles. The van der Waals surface area contributed by atoms with Gasteiger partial charge in [-0.1, -0.05) is 30.3 Å². The van der Waals surface area contributed by atoms with Gasteiger partial charge in [0.25, 0.3) is 5.91 Å². The van der Waals surface area contributed by atoms with Crippen LogP contribution < -0.4 is 0 Å². The molecular weight excluding hydrogens is 410 g/mol. The van der Waals surface area contributed by atoms with E-state index < -0.39 is 0 Å². The van der Waals surface area contributed by atoms with Gasteiger partial charge in [0.05, 0.1) is 11.8 Å². The van der Waals surface area contributed by atoms with Crippen molar-refractivity contribution in [2.75, 3.05) is 19.6 Å². The lowest BCUT2D eigenvalue weighted by molar-refractivity contribution is 0.0671. The van der Waals surface area contributed by atoms with Crippen LogP contribution in [0.4, 0.5) is 0 Å². The molecule has 6 nitrogen and oxygen atoms in total. The number of nitrogens with zero attached hydrogens (tertiary/aromatic N) is 5. The normalized spacial score (nSPS) is 15.2. The van der Waals surface area contributed by atoms with Crippen molar-refractivity contribution < 1.29 is 4.79 Å². The maximum Gasteiger partial charge on any atom is 0.257 e. The summed E-state index contributed by atoms with van der Waals surface area (Å²) in [7, 11) is 0. The highest BCUT2D eigenvalue weighted by molar-refractivity contribution is 5.93. The van der Waals surface area contributed by atoms with E-state index in [1.54, 1.807) is 12.4 Å². The van der Waals surface area contributed by atoms with Gasteiger partial charge < -0.3 is 4.90 Å². The van der Waals surface area contributed by atoms with Crippen LogP contribution in [0.15, 0.2) is 61.2 Å². The summed E-state index contributed by atoms with van der Waals surface area (Å²) in [5.74, 6) is 0.548. The summed E-state index contributed by atoms with van der Waals surface area (Å²) in [6, 6.07) is 12.8.